The quantitative estimate of drug-likeness (QED) is 0.124. The first-order chi connectivity index (χ1) is 38.2. The van der Waals surface area contributed by atoms with E-state index >= 15 is 0 Å². The van der Waals surface area contributed by atoms with Crippen LogP contribution < -0.4 is 9.47 Å². The van der Waals surface area contributed by atoms with Crippen LogP contribution in [-0.4, -0.2) is 33.6 Å². The van der Waals surface area contributed by atoms with Gasteiger partial charge in [-0.25, -0.2) is 0 Å². The van der Waals surface area contributed by atoms with Gasteiger partial charge in [-0.3, -0.25) is 0 Å². The van der Waals surface area contributed by atoms with Crippen LogP contribution in [0.2, 0.25) is 0 Å². The number of benzene rings is 9. The summed E-state index contributed by atoms with van der Waals surface area (Å²) in [5.41, 5.74) is 17.7. The second-order valence-electron chi connectivity index (χ2n) is 20.6. The molecule has 2 aliphatic rings. The van der Waals surface area contributed by atoms with E-state index in [0.717, 1.165) is 136 Å². The third-order valence-electron chi connectivity index (χ3n) is 15.1. The summed E-state index contributed by atoms with van der Waals surface area (Å²) in [5, 5.41) is 47.6. The van der Waals surface area contributed by atoms with Gasteiger partial charge in [-0.2, -0.15) is 0 Å². The van der Waals surface area contributed by atoms with Gasteiger partial charge >= 0.3 is 0 Å². The lowest BCUT2D eigenvalue weighted by atomic mass is 9.89. The molecular formula is C72H62O6. The summed E-state index contributed by atoms with van der Waals surface area (Å²) in [6, 6.07) is 56.6. The maximum Gasteiger partial charge on any atom is 0.126 e. The summed E-state index contributed by atoms with van der Waals surface area (Å²) in [7, 11) is 0. The molecule has 6 nitrogen and oxygen atoms in total. The Balaban J connectivity index is 0.936. The molecule has 9 aromatic rings. The normalized spacial score (nSPS) is 12.5. The van der Waals surface area contributed by atoms with Gasteiger partial charge in [0, 0.05) is 73.6 Å². The predicted octanol–water partition coefficient (Wildman–Crippen LogP) is 14.2. The van der Waals surface area contributed by atoms with Gasteiger partial charge in [0.15, 0.2) is 0 Å². The van der Waals surface area contributed by atoms with Crippen molar-refractivity contribution in [1.82, 2.24) is 0 Å². The zero-order valence-corrected chi connectivity index (χ0v) is 44.3. The van der Waals surface area contributed by atoms with Gasteiger partial charge in [-0.1, -0.05) is 183 Å². The molecule has 9 aromatic carbocycles. The van der Waals surface area contributed by atoms with E-state index in [-0.39, 0.29) is 23.0 Å². The second kappa shape index (κ2) is 23.0. The molecule has 0 radical (unpaired) electrons. The maximum absolute atomic E-state index is 11.9. The maximum atomic E-state index is 11.9. The number of hydrogen-bond donors (Lipinski definition) is 4. The molecule has 0 aliphatic heterocycles. The Kier molecular flexibility index (Phi) is 15.1. The average molecular weight is 1020 g/mol. The SMILES string of the molecule is CCCOc1c2cccc1Cc1cccc(c1O)Cc1cccc(c1C#Cc1ccc(C#Cc3c4cccc3Cc3cccc(c3O)Cc3cccc(c3OCCC)Cc3cccc(c3O)C4)cc1)Cc1cccc(c1O)C2. The molecule has 16 bridgehead atoms. The lowest BCUT2D eigenvalue weighted by Crippen LogP contribution is -2.06. The molecule has 2 aliphatic carbocycles. The van der Waals surface area contributed by atoms with E-state index in [1.807, 2.05) is 121 Å². The number of para-hydroxylation sites is 6. The van der Waals surface area contributed by atoms with Gasteiger partial charge in [0.2, 0.25) is 0 Å². The lowest BCUT2D eigenvalue weighted by molar-refractivity contribution is 0.311. The summed E-state index contributed by atoms with van der Waals surface area (Å²) in [6.45, 7) is 5.31. The number of phenolic OH excluding ortho intramolecular Hbond substituents is 4. The van der Waals surface area contributed by atoms with Crippen molar-refractivity contribution in [2.45, 2.75) is 78.1 Å². The van der Waals surface area contributed by atoms with E-state index in [2.05, 4.69) is 86.1 Å². The van der Waals surface area contributed by atoms with Crippen LogP contribution in [0.15, 0.2) is 170 Å². The van der Waals surface area contributed by atoms with Crippen LogP contribution in [0.3, 0.4) is 0 Å². The van der Waals surface area contributed by atoms with Crippen molar-refractivity contribution in [3.63, 3.8) is 0 Å². The largest absolute Gasteiger partial charge is 0.507 e. The number of fused-ring (bicyclic) bond motifs is 16. The zero-order valence-electron chi connectivity index (χ0n) is 44.3. The first kappa shape index (κ1) is 51.0. The third-order valence-corrected chi connectivity index (χ3v) is 15.1. The molecule has 0 saturated carbocycles. The van der Waals surface area contributed by atoms with E-state index < -0.39 is 0 Å². The molecule has 0 amide bonds. The van der Waals surface area contributed by atoms with Crippen molar-refractivity contribution in [2.24, 2.45) is 0 Å². The predicted molar refractivity (Wildman–Crippen MR) is 311 cm³/mol. The Morgan fingerprint density at radius 1 is 0.282 bits per heavy atom. The van der Waals surface area contributed by atoms with Crippen molar-refractivity contribution in [3.8, 4) is 58.2 Å². The Hall–Kier alpha value is -9.10. The minimum absolute atomic E-state index is 0.267. The monoisotopic (exact) mass is 1020 g/mol. The van der Waals surface area contributed by atoms with Gasteiger partial charge in [-0.15, -0.1) is 0 Å². The minimum Gasteiger partial charge on any atom is -0.507 e. The van der Waals surface area contributed by atoms with Crippen molar-refractivity contribution in [3.05, 3.63) is 281 Å². The van der Waals surface area contributed by atoms with E-state index in [1.165, 1.54) is 0 Å². The Morgan fingerprint density at radius 2 is 0.487 bits per heavy atom. The summed E-state index contributed by atoms with van der Waals surface area (Å²) in [6.07, 6.45) is 5.51. The highest BCUT2D eigenvalue weighted by Crippen LogP contribution is 2.39. The summed E-state index contributed by atoms with van der Waals surface area (Å²) in [4.78, 5) is 0. The van der Waals surface area contributed by atoms with Crippen LogP contribution >= 0.6 is 0 Å². The van der Waals surface area contributed by atoms with Gasteiger partial charge in [0.25, 0.3) is 0 Å². The number of phenols is 4. The molecule has 0 aromatic heterocycles. The fraction of sp³-hybridized carbons (Fsp3) is 0.194. The van der Waals surface area contributed by atoms with Crippen LogP contribution in [0.1, 0.15) is 138 Å². The van der Waals surface area contributed by atoms with E-state index in [0.29, 0.717) is 64.6 Å². The van der Waals surface area contributed by atoms with E-state index in [4.69, 9.17) is 9.47 Å². The molecule has 11 rings (SSSR count). The van der Waals surface area contributed by atoms with E-state index in [1.54, 1.807) is 0 Å². The Labute approximate surface area is 458 Å². The van der Waals surface area contributed by atoms with Crippen LogP contribution in [0.4, 0.5) is 0 Å². The number of ether oxygens (including phenoxy) is 2. The molecule has 78 heavy (non-hydrogen) atoms. The molecule has 386 valence electrons. The second-order valence-corrected chi connectivity index (χ2v) is 20.6. The molecule has 6 heteroatoms. The third kappa shape index (κ3) is 10.9. The van der Waals surface area contributed by atoms with Gasteiger partial charge in [0.1, 0.15) is 34.5 Å². The fourth-order valence-corrected chi connectivity index (χ4v) is 11.1. The van der Waals surface area contributed by atoms with Crippen molar-refractivity contribution in [1.29, 1.82) is 0 Å². The minimum atomic E-state index is 0.267. The summed E-state index contributed by atoms with van der Waals surface area (Å²) in [5.74, 6) is 16.7. The van der Waals surface area contributed by atoms with Crippen LogP contribution in [-0.2, 0) is 51.4 Å². The van der Waals surface area contributed by atoms with Crippen molar-refractivity contribution < 1.29 is 29.9 Å². The van der Waals surface area contributed by atoms with Crippen LogP contribution in [0, 0.1) is 23.7 Å². The molecule has 0 fully saturated rings. The van der Waals surface area contributed by atoms with Gasteiger partial charge in [-0.05, 0) is 126 Å². The first-order valence-electron chi connectivity index (χ1n) is 27.2. The Bertz CT molecular complexity index is 3400. The number of aromatic hydroxyl groups is 4. The average Bonchev–Trinajstić information content (AvgIpc) is 3.45. The van der Waals surface area contributed by atoms with Crippen molar-refractivity contribution >= 4 is 0 Å². The highest BCUT2D eigenvalue weighted by Gasteiger charge is 2.22. The molecule has 0 spiro atoms. The topological polar surface area (TPSA) is 99.4 Å². The molecule has 0 atom stereocenters. The molecule has 0 saturated heterocycles. The Morgan fingerprint density at radius 3 is 0.718 bits per heavy atom. The number of hydrogen-bond acceptors (Lipinski definition) is 6. The standard InChI is InChI=1S/C72H62O6/c1-3-37-77-71-61-25-11-26-62(71)44-58-22-8-18-54(68(58)74)40-50-14-5-13-49(39-53-17-7-21-57(43-61)67(53)73)65(50)35-33-47-29-31-48(32-30-47)34-36-66-51-15-6-16-52(66)42-56-20-10-24-60(70(56)76)46-64-28-12-27-63(72(64)78-38-4-2)45-59-23-9-19-55(41-51)69(59)75/h5-32,73-76H,3-4,37-46H2,1-2H3. The highest BCUT2D eigenvalue weighted by atomic mass is 16.5. The van der Waals surface area contributed by atoms with Gasteiger partial charge in [0.05, 0.1) is 13.2 Å². The van der Waals surface area contributed by atoms with Crippen molar-refractivity contribution in [2.75, 3.05) is 13.2 Å². The molecule has 4 N–H and O–H groups in total. The summed E-state index contributed by atoms with van der Waals surface area (Å²) >= 11 is 0. The van der Waals surface area contributed by atoms with E-state index in [9.17, 15) is 20.4 Å². The zero-order chi connectivity index (χ0) is 53.5. The smallest absolute Gasteiger partial charge is 0.126 e. The van der Waals surface area contributed by atoms with Crippen LogP contribution in [0.5, 0.6) is 34.5 Å². The summed E-state index contributed by atoms with van der Waals surface area (Å²) < 4.78 is 12.8. The number of rotatable bonds is 6. The van der Waals surface area contributed by atoms with Crippen LogP contribution in [0.25, 0.3) is 0 Å². The molecular weight excluding hydrogens is 961 g/mol. The van der Waals surface area contributed by atoms with Gasteiger partial charge < -0.3 is 29.9 Å². The molecule has 0 unspecified atom stereocenters. The fourth-order valence-electron chi connectivity index (χ4n) is 11.1. The first-order valence-corrected chi connectivity index (χ1v) is 27.2. The highest BCUT2D eigenvalue weighted by molar-refractivity contribution is 5.61. The molecule has 0 heterocycles. The lowest BCUT2D eigenvalue weighted by Gasteiger charge is -2.19.